The molecule has 118 valence electrons. The van der Waals surface area contributed by atoms with E-state index in [4.69, 9.17) is 0 Å². The molecule has 1 heterocycles. The van der Waals surface area contributed by atoms with Gasteiger partial charge in [-0.05, 0) is 47.9 Å². The van der Waals surface area contributed by atoms with Crippen LogP contribution in [0, 0.1) is 11.3 Å². The average Bonchev–Trinajstić information content (AvgIpc) is 2.45. The maximum Gasteiger partial charge on any atom is 0.240 e. The number of anilines is 1. The fourth-order valence-corrected chi connectivity index (χ4v) is 3.46. The molecule has 0 spiro atoms. The first-order chi connectivity index (χ1) is 9.72. The number of aryl methyl sites for hydroxylation is 1. The molecule has 2 rings (SSSR count). The Bertz CT molecular complexity index is 607. The van der Waals surface area contributed by atoms with E-state index in [0.717, 1.165) is 30.6 Å². The molecule has 0 amide bonds. The topological polar surface area (TPSA) is 58.2 Å². The van der Waals surface area contributed by atoms with Crippen LogP contribution in [0.5, 0.6) is 0 Å². The van der Waals surface area contributed by atoms with Crippen molar-refractivity contribution in [2.75, 3.05) is 18.4 Å². The molecule has 0 aromatic heterocycles. The molecule has 0 fully saturated rings. The summed E-state index contributed by atoms with van der Waals surface area (Å²) in [5.41, 5.74) is 2.08. The number of benzene rings is 1. The quantitative estimate of drug-likeness (QED) is 0.879. The van der Waals surface area contributed by atoms with Crippen LogP contribution >= 0.6 is 0 Å². The Kier molecular flexibility index (Phi) is 4.63. The third-order valence-corrected chi connectivity index (χ3v) is 6.01. The fourth-order valence-electron chi connectivity index (χ4n) is 2.19. The van der Waals surface area contributed by atoms with Gasteiger partial charge in [0, 0.05) is 18.8 Å². The van der Waals surface area contributed by atoms with Gasteiger partial charge in [-0.1, -0.05) is 27.7 Å². The second-order valence-corrected chi connectivity index (χ2v) is 8.58. The highest BCUT2D eigenvalue weighted by atomic mass is 32.2. The molecule has 0 atom stereocenters. The summed E-state index contributed by atoms with van der Waals surface area (Å²) in [4.78, 5) is 0.365. The van der Waals surface area contributed by atoms with Crippen LogP contribution in [0.2, 0.25) is 0 Å². The lowest BCUT2D eigenvalue weighted by Gasteiger charge is -2.29. The van der Waals surface area contributed by atoms with Crippen LogP contribution in [0.25, 0.3) is 0 Å². The summed E-state index contributed by atoms with van der Waals surface area (Å²) < 4.78 is 27.7. The van der Waals surface area contributed by atoms with Crippen molar-refractivity contribution in [3.63, 3.8) is 0 Å². The summed E-state index contributed by atoms with van der Waals surface area (Å²) in [6, 6.07) is 5.35. The molecule has 1 aromatic carbocycles. The summed E-state index contributed by atoms with van der Waals surface area (Å²) >= 11 is 0. The Morgan fingerprint density at radius 1 is 1.33 bits per heavy atom. The highest BCUT2D eigenvalue weighted by Gasteiger charge is 2.25. The molecule has 21 heavy (non-hydrogen) atoms. The molecule has 1 aliphatic rings. The smallest absolute Gasteiger partial charge is 0.240 e. The molecule has 5 heteroatoms. The summed E-state index contributed by atoms with van der Waals surface area (Å²) in [6.45, 7) is 9.79. The molecule has 0 unspecified atom stereocenters. The minimum atomic E-state index is -3.44. The van der Waals surface area contributed by atoms with Gasteiger partial charge >= 0.3 is 0 Å². The molecule has 2 N–H and O–H groups in total. The summed E-state index contributed by atoms with van der Waals surface area (Å²) in [5, 5.41) is 3.30. The van der Waals surface area contributed by atoms with Gasteiger partial charge in [-0.25, -0.2) is 13.1 Å². The average molecular weight is 310 g/mol. The van der Waals surface area contributed by atoms with Gasteiger partial charge in [-0.2, -0.15) is 0 Å². The largest absolute Gasteiger partial charge is 0.385 e. The standard InChI is InChI=1S/C16H26N2O2S/c1-12(2)16(3,4)11-18-21(19,20)14-7-8-15-13(10-14)6-5-9-17-15/h7-8,10,12,17-18H,5-6,9,11H2,1-4H3. The molecular weight excluding hydrogens is 284 g/mol. The van der Waals surface area contributed by atoms with Gasteiger partial charge < -0.3 is 5.32 Å². The molecule has 0 saturated heterocycles. The van der Waals surface area contributed by atoms with Crippen LogP contribution in [-0.2, 0) is 16.4 Å². The van der Waals surface area contributed by atoms with Crippen LogP contribution < -0.4 is 10.0 Å². The first-order valence-corrected chi connectivity index (χ1v) is 9.07. The lowest BCUT2D eigenvalue weighted by atomic mass is 9.81. The van der Waals surface area contributed by atoms with Gasteiger partial charge in [0.25, 0.3) is 0 Å². The van der Waals surface area contributed by atoms with Crippen molar-refractivity contribution >= 4 is 15.7 Å². The van der Waals surface area contributed by atoms with Gasteiger partial charge in [-0.3, -0.25) is 0 Å². The monoisotopic (exact) mass is 310 g/mol. The van der Waals surface area contributed by atoms with Gasteiger partial charge in [0.05, 0.1) is 4.90 Å². The van der Waals surface area contributed by atoms with Gasteiger partial charge in [0.1, 0.15) is 0 Å². The highest BCUT2D eigenvalue weighted by Crippen LogP contribution is 2.27. The number of hydrogen-bond donors (Lipinski definition) is 2. The number of rotatable bonds is 5. The lowest BCUT2D eigenvalue weighted by molar-refractivity contribution is 0.252. The van der Waals surface area contributed by atoms with E-state index < -0.39 is 10.0 Å². The second-order valence-electron chi connectivity index (χ2n) is 6.82. The Hall–Kier alpha value is -1.07. The SMILES string of the molecule is CC(C)C(C)(C)CNS(=O)(=O)c1ccc2c(c1)CCCN2. The van der Waals surface area contributed by atoms with Crippen molar-refractivity contribution in [1.29, 1.82) is 0 Å². The van der Waals surface area contributed by atoms with E-state index >= 15 is 0 Å². The lowest BCUT2D eigenvalue weighted by Crippen LogP contribution is -2.37. The van der Waals surface area contributed by atoms with Crippen molar-refractivity contribution in [3.8, 4) is 0 Å². The fraction of sp³-hybridized carbons (Fsp3) is 0.625. The summed E-state index contributed by atoms with van der Waals surface area (Å²) in [6.07, 6.45) is 1.98. The predicted octanol–water partition coefficient (Wildman–Crippen LogP) is 3.01. The third kappa shape index (κ3) is 3.77. The van der Waals surface area contributed by atoms with E-state index in [9.17, 15) is 8.42 Å². The number of nitrogens with one attached hydrogen (secondary N) is 2. The number of sulfonamides is 1. The van der Waals surface area contributed by atoms with E-state index in [1.165, 1.54) is 0 Å². The maximum atomic E-state index is 12.5. The van der Waals surface area contributed by atoms with Crippen molar-refractivity contribution in [2.45, 2.75) is 45.4 Å². The van der Waals surface area contributed by atoms with Crippen molar-refractivity contribution in [3.05, 3.63) is 23.8 Å². The van der Waals surface area contributed by atoms with E-state index in [2.05, 4.69) is 37.7 Å². The molecule has 4 nitrogen and oxygen atoms in total. The highest BCUT2D eigenvalue weighted by molar-refractivity contribution is 7.89. The Labute approximate surface area is 128 Å². The zero-order valence-corrected chi connectivity index (χ0v) is 14.2. The van der Waals surface area contributed by atoms with Gasteiger partial charge in [-0.15, -0.1) is 0 Å². The second kappa shape index (κ2) is 5.97. The zero-order valence-electron chi connectivity index (χ0n) is 13.4. The van der Waals surface area contributed by atoms with E-state index in [-0.39, 0.29) is 5.41 Å². The van der Waals surface area contributed by atoms with Crippen molar-refractivity contribution in [1.82, 2.24) is 4.72 Å². The minimum Gasteiger partial charge on any atom is -0.385 e. The number of hydrogen-bond acceptors (Lipinski definition) is 3. The molecule has 0 bridgehead atoms. The molecule has 0 saturated carbocycles. The van der Waals surface area contributed by atoms with E-state index in [1.807, 2.05) is 6.07 Å². The Balaban J connectivity index is 2.16. The van der Waals surface area contributed by atoms with Crippen LogP contribution in [0.3, 0.4) is 0 Å². The van der Waals surface area contributed by atoms with Crippen LogP contribution in [0.1, 0.15) is 39.7 Å². The Morgan fingerprint density at radius 3 is 2.71 bits per heavy atom. The molecule has 0 radical (unpaired) electrons. The van der Waals surface area contributed by atoms with Crippen molar-refractivity contribution < 1.29 is 8.42 Å². The molecular formula is C16H26N2O2S. The first kappa shape index (κ1) is 16.3. The maximum absolute atomic E-state index is 12.5. The zero-order chi connectivity index (χ0) is 15.7. The molecule has 1 aromatic rings. The molecule has 1 aliphatic heterocycles. The minimum absolute atomic E-state index is 0.0666. The Morgan fingerprint density at radius 2 is 2.05 bits per heavy atom. The third-order valence-electron chi connectivity index (χ3n) is 4.61. The van der Waals surface area contributed by atoms with E-state index in [1.54, 1.807) is 12.1 Å². The van der Waals surface area contributed by atoms with Crippen LogP contribution in [0.15, 0.2) is 23.1 Å². The van der Waals surface area contributed by atoms with Gasteiger partial charge in [0.15, 0.2) is 0 Å². The first-order valence-electron chi connectivity index (χ1n) is 7.59. The van der Waals surface area contributed by atoms with Crippen LogP contribution in [0.4, 0.5) is 5.69 Å². The summed E-state index contributed by atoms with van der Waals surface area (Å²) in [5.74, 6) is 0.410. The van der Waals surface area contributed by atoms with Crippen LogP contribution in [-0.4, -0.2) is 21.5 Å². The summed E-state index contributed by atoms with van der Waals surface area (Å²) in [7, 11) is -3.44. The number of fused-ring (bicyclic) bond motifs is 1. The van der Waals surface area contributed by atoms with E-state index in [0.29, 0.717) is 17.4 Å². The predicted molar refractivity (Wildman–Crippen MR) is 87.1 cm³/mol. The normalized spacial score (nSPS) is 15.7. The van der Waals surface area contributed by atoms with Gasteiger partial charge in [0.2, 0.25) is 10.0 Å². The van der Waals surface area contributed by atoms with Crippen molar-refractivity contribution in [2.24, 2.45) is 11.3 Å². The molecule has 0 aliphatic carbocycles.